The molecule has 0 spiro atoms. The fourth-order valence-electron chi connectivity index (χ4n) is 5.68. The predicted octanol–water partition coefficient (Wildman–Crippen LogP) is 3.38. The van der Waals surface area contributed by atoms with Crippen LogP contribution in [0.3, 0.4) is 0 Å². The van der Waals surface area contributed by atoms with Gasteiger partial charge in [-0.2, -0.15) is 0 Å². The quantitative estimate of drug-likeness (QED) is 0.526. The normalized spacial score (nSPS) is 28.8. The second kappa shape index (κ2) is 10.7. The molecule has 2 heterocycles. The molecule has 2 saturated heterocycles. The summed E-state index contributed by atoms with van der Waals surface area (Å²) in [7, 11) is -2.80. The smallest absolute Gasteiger partial charge is 0.261 e. The summed E-state index contributed by atoms with van der Waals surface area (Å²) in [6, 6.07) is 20.8. The first-order valence-electron chi connectivity index (χ1n) is 13.0. The maximum absolute atomic E-state index is 11.3. The van der Waals surface area contributed by atoms with Gasteiger partial charge in [0.05, 0.1) is 32.0 Å². The third-order valence-electron chi connectivity index (χ3n) is 7.59. The van der Waals surface area contributed by atoms with Crippen LogP contribution in [0.1, 0.15) is 53.9 Å². The minimum absolute atomic E-state index is 0.0523. The third kappa shape index (κ3) is 5.63. The van der Waals surface area contributed by atoms with E-state index >= 15 is 0 Å². The Kier molecular flexibility index (Phi) is 8.12. The molecule has 0 radical (unpaired) electrons. The van der Waals surface area contributed by atoms with Crippen LogP contribution in [0.15, 0.2) is 60.7 Å². The summed E-state index contributed by atoms with van der Waals surface area (Å²) >= 11 is 0. The van der Waals surface area contributed by atoms with Crippen molar-refractivity contribution in [2.45, 2.75) is 88.6 Å². The zero-order chi connectivity index (χ0) is 26.0. The van der Waals surface area contributed by atoms with E-state index in [1.165, 1.54) is 10.4 Å². The highest BCUT2D eigenvalue weighted by atomic mass is 28.4. The summed E-state index contributed by atoms with van der Waals surface area (Å²) in [6.07, 6.45) is 0.960. The van der Waals surface area contributed by atoms with E-state index in [0.717, 1.165) is 0 Å². The Morgan fingerprint density at radius 2 is 1.56 bits per heavy atom. The zero-order valence-electron chi connectivity index (χ0n) is 22.3. The van der Waals surface area contributed by atoms with Crippen LogP contribution in [-0.4, -0.2) is 68.1 Å². The average molecular weight is 515 g/mol. The number of hydrogen-bond acceptors (Lipinski definition) is 6. The number of aliphatic hydroxyl groups is 2. The van der Waals surface area contributed by atoms with Crippen molar-refractivity contribution in [3.63, 3.8) is 0 Å². The fraction of sp³-hybridized carbons (Fsp3) is 0.586. The van der Waals surface area contributed by atoms with Crippen molar-refractivity contribution < 1.29 is 28.8 Å². The molecule has 198 valence electrons. The van der Waals surface area contributed by atoms with E-state index in [0.29, 0.717) is 25.9 Å². The molecular formula is C29H42O6Si. The molecule has 2 aliphatic heterocycles. The van der Waals surface area contributed by atoms with Crippen molar-refractivity contribution >= 4 is 18.7 Å². The average Bonchev–Trinajstić information content (AvgIpc) is 3.20. The molecule has 2 aliphatic rings. The van der Waals surface area contributed by atoms with E-state index in [9.17, 15) is 10.2 Å². The second-order valence-electron chi connectivity index (χ2n) is 11.7. The number of hydrogen-bond donors (Lipinski definition) is 2. The summed E-state index contributed by atoms with van der Waals surface area (Å²) in [6.45, 7) is 10.8. The lowest BCUT2D eigenvalue weighted by atomic mass is 9.86. The molecule has 4 atom stereocenters. The molecule has 7 heteroatoms. The van der Waals surface area contributed by atoms with E-state index in [4.69, 9.17) is 18.6 Å². The monoisotopic (exact) mass is 514 g/mol. The number of benzene rings is 2. The number of ether oxygens (including phenoxy) is 3. The molecule has 0 amide bonds. The molecule has 2 N–H and O–H groups in total. The van der Waals surface area contributed by atoms with E-state index in [-0.39, 0.29) is 30.5 Å². The Hall–Kier alpha value is -1.58. The SMILES string of the molecule is CC1(C)OCC(C[C@@H]2CC[C@@](O)(CO)[C@@H](CO[Si](c3ccccc3)(c3ccccc3)C(C)(C)C)O2)O1. The molecule has 0 saturated carbocycles. The third-order valence-corrected chi connectivity index (χ3v) is 12.6. The van der Waals surface area contributed by atoms with Gasteiger partial charge in [0.1, 0.15) is 11.7 Å². The van der Waals surface area contributed by atoms with Gasteiger partial charge in [-0.05, 0) is 42.1 Å². The first kappa shape index (κ1) is 27.5. The van der Waals surface area contributed by atoms with E-state index in [1.807, 2.05) is 26.0 Å². The summed E-state index contributed by atoms with van der Waals surface area (Å²) in [5.41, 5.74) is -1.35. The summed E-state index contributed by atoms with van der Waals surface area (Å²) in [4.78, 5) is 0. The summed E-state index contributed by atoms with van der Waals surface area (Å²) in [5, 5.41) is 23.7. The van der Waals surface area contributed by atoms with Gasteiger partial charge in [-0.15, -0.1) is 0 Å². The Morgan fingerprint density at radius 3 is 2.03 bits per heavy atom. The van der Waals surface area contributed by atoms with E-state index in [1.54, 1.807) is 0 Å². The molecule has 2 aromatic rings. The molecule has 0 aromatic heterocycles. The molecular weight excluding hydrogens is 472 g/mol. The molecule has 1 unspecified atom stereocenters. The van der Waals surface area contributed by atoms with Crippen LogP contribution < -0.4 is 10.4 Å². The van der Waals surface area contributed by atoms with Crippen LogP contribution in [0.2, 0.25) is 5.04 Å². The van der Waals surface area contributed by atoms with Crippen LogP contribution in [0.25, 0.3) is 0 Å². The first-order chi connectivity index (χ1) is 17.0. The number of aliphatic hydroxyl groups excluding tert-OH is 1. The lowest BCUT2D eigenvalue weighted by molar-refractivity contribution is -0.207. The number of rotatable bonds is 8. The van der Waals surface area contributed by atoms with E-state index in [2.05, 4.69) is 69.3 Å². The zero-order valence-corrected chi connectivity index (χ0v) is 23.3. The lowest BCUT2D eigenvalue weighted by Crippen LogP contribution is -2.68. The molecule has 6 nitrogen and oxygen atoms in total. The van der Waals surface area contributed by atoms with Crippen molar-refractivity contribution in [3.05, 3.63) is 60.7 Å². The van der Waals surface area contributed by atoms with Crippen molar-refractivity contribution in [3.8, 4) is 0 Å². The Bertz CT molecular complexity index is 937. The highest BCUT2D eigenvalue weighted by Crippen LogP contribution is 2.39. The molecule has 0 bridgehead atoms. The Balaban J connectivity index is 1.61. The van der Waals surface area contributed by atoms with Crippen molar-refractivity contribution in [2.24, 2.45) is 0 Å². The van der Waals surface area contributed by atoms with Gasteiger partial charge in [-0.25, -0.2) is 0 Å². The van der Waals surface area contributed by atoms with Crippen LogP contribution in [0.4, 0.5) is 0 Å². The van der Waals surface area contributed by atoms with Crippen molar-refractivity contribution in [1.82, 2.24) is 0 Å². The van der Waals surface area contributed by atoms with Gasteiger partial charge in [0.2, 0.25) is 0 Å². The topological polar surface area (TPSA) is 77.4 Å². The maximum Gasteiger partial charge on any atom is 0.261 e. The molecule has 2 aromatic carbocycles. The fourth-order valence-corrected chi connectivity index (χ4v) is 10.2. The van der Waals surface area contributed by atoms with Crippen molar-refractivity contribution in [1.29, 1.82) is 0 Å². The van der Waals surface area contributed by atoms with Crippen LogP contribution >= 0.6 is 0 Å². The highest BCUT2D eigenvalue weighted by Gasteiger charge is 2.52. The summed E-state index contributed by atoms with van der Waals surface area (Å²) in [5.74, 6) is -0.586. The van der Waals surface area contributed by atoms with Gasteiger partial charge in [-0.3, -0.25) is 0 Å². The minimum atomic E-state index is -2.80. The van der Waals surface area contributed by atoms with Gasteiger partial charge in [0, 0.05) is 6.42 Å². The lowest BCUT2D eigenvalue weighted by Gasteiger charge is -2.47. The first-order valence-corrected chi connectivity index (χ1v) is 15.0. The molecule has 4 rings (SSSR count). The van der Waals surface area contributed by atoms with E-state index < -0.39 is 25.8 Å². The van der Waals surface area contributed by atoms with Gasteiger partial charge < -0.3 is 28.8 Å². The van der Waals surface area contributed by atoms with Gasteiger partial charge in [0.25, 0.3) is 8.32 Å². The van der Waals surface area contributed by atoms with Gasteiger partial charge >= 0.3 is 0 Å². The standard InChI is InChI=1S/C29H42O6Si/c1-27(2,3)36(24-12-8-6-9-13-24,25-14-10-7-11-15-25)33-20-26-29(31,21-30)17-16-22(34-26)18-23-19-32-28(4,5)35-23/h6-15,22-23,26,30-31H,16-21H2,1-5H3/t22-,23?,26+,29+/m0/s1. The summed E-state index contributed by atoms with van der Waals surface area (Å²) < 4.78 is 25.2. The largest absolute Gasteiger partial charge is 0.405 e. The molecule has 36 heavy (non-hydrogen) atoms. The van der Waals surface area contributed by atoms with Crippen LogP contribution in [-0.2, 0) is 18.6 Å². The van der Waals surface area contributed by atoms with Crippen molar-refractivity contribution in [2.75, 3.05) is 19.8 Å². The second-order valence-corrected chi connectivity index (χ2v) is 16.0. The highest BCUT2D eigenvalue weighted by molar-refractivity contribution is 6.99. The molecule has 2 fully saturated rings. The Morgan fingerprint density at radius 1 is 0.972 bits per heavy atom. The molecule has 0 aliphatic carbocycles. The van der Waals surface area contributed by atoms with Crippen LogP contribution in [0.5, 0.6) is 0 Å². The predicted molar refractivity (Wildman–Crippen MR) is 143 cm³/mol. The van der Waals surface area contributed by atoms with Crippen LogP contribution in [0, 0.1) is 0 Å². The van der Waals surface area contributed by atoms with Gasteiger partial charge in [0.15, 0.2) is 5.79 Å². The Labute approximate surface area is 216 Å². The maximum atomic E-state index is 11.3. The minimum Gasteiger partial charge on any atom is -0.405 e. The van der Waals surface area contributed by atoms with Gasteiger partial charge in [-0.1, -0.05) is 81.4 Å².